The van der Waals surface area contributed by atoms with Crippen LogP contribution < -0.4 is 5.32 Å². The van der Waals surface area contributed by atoms with Crippen LogP contribution in [0.5, 0.6) is 0 Å². The van der Waals surface area contributed by atoms with Crippen LogP contribution in [-0.2, 0) is 4.74 Å². The molecule has 29 heavy (non-hydrogen) atoms. The van der Waals surface area contributed by atoms with Crippen LogP contribution in [0.3, 0.4) is 0 Å². The Morgan fingerprint density at radius 3 is 2.55 bits per heavy atom. The van der Waals surface area contributed by atoms with Gasteiger partial charge in [-0.2, -0.15) is 0 Å². The molecule has 1 aliphatic heterocycles. The summed E-state index contributed by atoms with van der Waals surface area (Å²) >= 11 is 7.37. The van der Waals surface area contributed by atoms with E-state index in [4.69, 9.17) is 16.3 Å². The third kappa shape index (κ3) is 4.87. The molecule has 1 aliphatic rings. The van der Waals surface area contributed by atoms with E-state index in [0.717, 1.165) is 0 Å². The molecule has 1 fully saturated rings. The number of ether oxygens (including phenoxy) is 1. The van der Waals surface area contributed by atoms with Gasteiger partial charge in [0, 0.05) is 34.0 Å². The van der Waals surface area contributed by atoms with Gasteiger partial charge < -0.3 is 20.3 Å². The lowest BCUT2D eigenvalue weighted by Crippen LogP contribution is -2.41. The van der Waals surface area contributed by atoms with Crippen LogP contribution in [-0.4, -0.2) is 46.3 Å². The standard InChI is InChI=1S/C19H17ClF3NO4S/c1-19(27)8-28-14(17(19)25)7-29-15-4-9(2-3-11(15)20)18(26)24-10-5-12(21)16(23)13(22)6-10/h2-6,14,17,25,27H,7-8H2,1H3,(H,24,26)/t14-,17-,19+/m1/s1. The normalized spacial score (nSPS) is 24.0. The number of carbonyl (C=O) groups excluding carboxylic acids is 1. The van der Waals surface area contributed by atoms with Gasteiger partial charge >= 0.3 is 0 Å². The van der Waals surface area contributed by atoms with Gasteiger partial charge in [0.05, 0.1) is 17.7 Å². The summed E-state index contributed by atoms with van der Waals surface area (Å²) < 4.78 is 45.0. The molecule has 0 spiro atoms. The van der Waals surface area contributed by atoms with E-state index < -0.39 is 41.2 Å². The van der Waals surface area contributed by atoms with Gasteiger partial charge in [-0.3, -0.25) is 4.79 Å². The van der Waals surface area contributed by atoms with Crippen LogP contribution in [0.4, 0.5) is 18.9 Å². The monoisotopic (exact) mass is 447 g/mol. The Labute approximate surface area is 173 Å². The summed E-state index contributed by atoms with van der Waals surface area (Å²) in [5.41, 5.74) is -1.42. The second kappa shape index (κ2) is 8.53. The maximum absolute atomic E-state index is 13.3. The minimum absolute atomic E-state index is 0.000357. The molecule has 10 heteroatoms. The van der Waals surface area contributed by atoms with E-state index in [1.165, 1.54) is 36.9 Å². The first-order chi connectivity index (χ1) is 13.6. The minimum atomic E-state index is -1.62. The molecule has 3 N–H and O–H groups in total. The summed E-state index contributed by atoms with van der Waals surface area (Å²) in [6.45, 7) is 1.47. The maximum atomic E-state index is 13.3. The molecule has 0 aromatic heterocycles. The Balaban J connectivity index is 1.71. The molecule has 0 bridgehead atoms. The first kappa shape index (κ1) is 21.9. The number of nitrogens with one attached hydrogen (secondary N) is 1. The largest absolute Gasteiger partial charge is 0.387 e. The molecule has 0 unspecified atom stereocenters. The topological polar surface area (TPSA) is 78.8 Å². The lowest BCUT2D eigenvalue weighted by Gasteiger charge is -2.21. The van der Waals surface area contributed by atoms with E-state index in [0.29, 0.717) is 22.1 Å². The third-order valence-corrected chi connectivity index (χ3v) is 6.00. The zero-order chi connectivity index (χ0) is 21.3. The molecule has 0 saturated carbocycles. The molecule has 1 saturated heterocycles. The van der Waals surface area contributed by atoms with E-state index in [-0.39, 0.29) is 23.6 Å². The number of thioether (sulfide) groups is 1. The lowest BCUT2D eigenvalue weighted by atomic mass is 10.0. The first-order valence-corrected chi connectivity index (χ1v) is 9.85. The summed E-state index contributed by atoms with van der Waals surface area (Å²) in [6.07, 6.45) is -1.68. The summed E-state index contributed by atoms with van der Waals surface area (Å²) in [5, 5.41) is 22.7. The smallest absolute Gasteiger partial charge is 0.255 e. The SMILES string of the molecule is C[C@]1(O)CO[C@H](CSc2cc(C(=O)Nc3cc(F)c(F)c(F)c3)ccc2Cl)[C@H]1O. The van der Waals surface area contributed by atoms with Crippen molar-refractivity contribution in [2.24, 2.45) is 0 Å². The van der Waals surface area contributed by atoms with E-state index in [2.05, 4.69) is 5.32 Å². The molecule has 2 aromatic carbocycles. The molecule has 1 heterocycles. The summed E-state index contributed by atoms with van der Waals surface area (Å²) in [5.74, 6) is -4.86. The molecule has 156 valence electrons. The van der Waals surface area contributed by atoms with Crippen LogP contribution in [0, 0.1) is 17.5 Å². The van der Waals surface area contributed by atoms with Crippen molar-refractivity contribution in [2.45, 2.75) is 29.6 Å². The van der Waals surface area contributed by atoms with E-state index >= 15 is 0 Å². The quantitative estimate of drug-likeness (QED) is 0.482. The van der Waals surface area contributed by atoms with Crippen molar-refractivity contribution in [2.75, 3.05) is 17.7 Å². The van der Waals surface area contributed by atoms with Crippen molar-refractivity contribution in [3.05, 3.63) is 58.4 Å². The fourth-order valence-corrected chi connectivity index (χ4v) is 4.07. The molecule has 3 rings (SSSR count). The van der Waals surface area contributed by atoms with Gasteiger partial charge in [0.15, 0.2) is 17.5 Å². The van der Waals surface area contributed by atoms with E-state index in [9.17, 15) is 28.2 Å². The summed E-state index contributed by atoms with van der Waals surface area (Å²) in [7, 11) is 0. The van der Waals surface area contributed by atoms with Gasteiger partial charge in [-0.25, -0.2) is 13.2 Å². The van der Waals surface area contributed by atoms with Crippen LogP contribution in [0.2, 0.25) is 5.02 Å². The first-order valence-electron chi connectivity index (χ1n) is 8.49. The van der Waals surface area contributed by atoms with Crippen LogP contribution in [0.25, 0.3) is 0 Å². The highest BCUT2D eigenvalue weighted by Gasteiger charge is 2.44. The average Bonchev–Trinajstić information content (AvgIpc) is 2.92. The zero-order valence-electron chi connectivity index (χ0n) is 15.1. The number of rotatable bonds is 5. The lowest BCUT2D eigenvalue weighted by molar-refractivity contribution is -0.0334. The molecule has 1 amide bonds. The predicted molar refractivity (Wildman–Crippen MR) is 103 cm³/mol. The van der Waals surface area contributed by atoms with Crippen LogP contribution >= 0.6 is 23.4 Å². The number of benzene rings is 2. The number of hydrogen-bond donors (Lipinski definition) is 3. The van der Waals surface area contributed by atoms with Gasteiger partial charge in [-0.15, -0.1) is 11.8 Å². The number of aliphatic hydroxyl groups excluding tert-OH is 1. The van der Waals surface area contributed by atoms with Gasteiger partial charge in [-0.05, 0) is 25.1 Å². The highest BCUT2D eigenvalue weighted by molar-refractivity contribution is 7.99. The number of aliphatic hydroxyl groups is 2. The molecule has 0 radical (unpaired) electrons. The molecular formula is C19H17ClF3NO4S. The molecule has 5 nitrogen and oxygen atoms in total. The highest BCUT2D eigenvalue weighted by Crippen LogP contribution is 2.33. The predicted octanol–water partition coefficient (Wildman–Crippen LogP) is 3.61. The fourth-order valence-electron chi connectivity index (χ4n) is 2.75. The van der Waals surface area contributed by atoms with E-state index in [1.54, 1.807) is 0 Å². The fraction of sp³-hybridized carbons (Fsp3) is 0.316. The Hall–Kier alpha value is -1.78. The van der Waals surface area contributed by atoms with Gasteiger partial charge in [-0.1, -0.05) is 11.6 Å². The number of hydrogen-bond acceptors (Lipinski definition) is 5. The van der Waals surface area contributed by atoms with Crippen LogP contribution in [0.15, 0.2) is 35.2 Å². The summed E-state index contributed by atoms with van der Waals surface area (Å²) in [4.78, 5) is 12.9. The van der Waals surface area contributed by atoms with Crippen molar-refractivity contribution >= 4 is 35.0 Å². The molecule has 2 aromatic rings. The van der Waals surface area contributed by atoms with Crippen molar-refractivity contribution < 1.29 is 32.9 Å². The van der Waals surface area contributed by atoms with Gasteiger partial charge in [0.2, 0.25) is 0 Å². The Morgan fingerprint density at radius 1 is 1.31 bits per heavy atom. The number of amides is 1. The van der Waals surface area contributed by atoms with Gasteiger partial charge in [0.25, 0.3) is 5.91 Å². The second-order valence-electron chi connectivity index (χ2n) is 6.82. The Kier molecular flexibility index (Phi) is 6.45. The Bertz CT molecular complexity index is 921. The van der Waals surface area contributed by atoms with Crippen molar-refractivity contribution in [1.29, 1.82) is 0 Å². The van der Waals surface area contributed by atoms with Crippen molar-refractivity contribution in [1.82, 2.24) is 0 Å². The maximum Gasteiger partial charge on any atom is 0.255 e. The molecule has 3 atom stereocenters. The molecular weight excluding hydrogens is 431 g/mol. The number of halogens is 4. The molecule has 0 aliphatic carbocycles. The van der Waals surface area contributed by atoms with Crippen molar-refractivity contribution in [3.63, 3.8) is 0 Å². The minimum Gasteiger partial charge on any atom is -0.387 e. The van der Waals surface area contributed by atoms with E-state index in [1.807, 2.05) is 0 Å². The zero-order valence-corrected chi connectivity index (χ0v) is 16.7. The second-order valence-corrected chi connectivity index (χ2v) is 8.28. The van der Waals surface area contributed by atoms with Gasteiger partial charge in [0.1, 0.15) is 11.7 Å². The number of carbonyl (C=O) groups is 1. The average molecular weight is 448 g/mol. The van der Waals surface area contributed by atoms with Crippen molar-refractivity contribution in [3.8, 4) is 0 Å². The number of anilines is 1. The third-order valence-electron chi connectivity index (χ3n) is 4.42. The summed E-state index contributed by atoms with van der Waals surface area (Å²) in [6, 6.07) is 5.72. The highest BCUT2D eigenvalue weighted by atomic mass is 35.5. The van der Waals surface area contributed by atoms with Crippen LogP contribution in [0.1, 0.15) is 17.3 Å². The Morgan fingerprint density at radius 2 is 1.97 bits per heavy atom.